The molecular weight excluding hydrogens is 464 g/mol. The molecule has 0 bridgehead atoms. The Balaban J connectivity index is 1.33. The molecule has 2 N–H and O–H groups in total. The summed E-state index contributed by atoms with van der Waals surface area (Å²) in [4.78, 5) is 35.4. The number of carbonyl (C=O) groups is 1. The number of nitrogens with one attached hydrogen (secondary N) is 2. The van der Waals surface area contributed by atoms with Gasteiger partial charge >= 0.3 is 0 Å². The molecule has 1 aliphatic rings. The van der Waals surface area contributed by atoms with Crippen molar-refractivity contribution in [2.24, 2.45) is 0 Å². The number of benzene rings is 1. The molecule has 1 aromatic carbocycles. The molecule has 37 heavy (non-hydrogen) atoms. The molecule has 0 radical (unpaired) electrons. The molecule has 0 unspecified atom stereocenters. The van der Waals surface area contributed by atoms with E-state index in [1.165, 1.54) is 0 Å². The van der Waals surface area contributed by atoms with E-state index in [1.807, 2.05) is 44.2 Å². The molecule has 4 heterocycles. The van der Waals surface area contributed by atoms with Gasteiger partial charge in [-0.1, -0.05) is 0 Å². The van der Waals surface area contributed by atoms with Crippen LogP contribution in [0.1, 0.15) is 21.6 Å². The number of aromatic nitrogens is 4. The first kappa shape index (κ1) is 24.3. The van der Waals surface area contributed by atoms with Gasteiger partial charge in [0.15, 0.2) is 0 Å². The van der Waals surface area contributed by atoms with Gasteiger partial charge in [-0.2, -0.15) is 0 Å². The minimum atomic E-state index is -0.226. The fraction of sp³-hybridized carbons (Fsp3) is 0.250. The number of carbonyl (C=O) groups excluding carboxylic acids is 1. The van der Waals surface area contributed by atoms with Gasteiger partial charge in [0, 0.05) is 67.9 Å². The summed E-state index contributed by atoms with van der Waals surface area (Å²) in [6.45, 7) is 7.90. The first-order chi connectivity index (χ1) is 17.9. The fourth-order valence-corrected chi connectivity index (χ4v) is 4.28. The first-order valence-electron chi connectivity index (χ1n) is 12.3. The summed E-state index contributed by atoms with van der Waals surface area (Å²) >= 11 is 0. The lowest BCUT2D eigenvalue weighted by molar-refractivity contribution is 0.102. The fourth-order valence-electron chi connectivity index (χ4n) is 4.28. The molecule has 1 saturated heterocycles. The van der Waals surface area contributed by atoms with Crippen molar-refractivity contribution in [3.05, 3.63) is 84.1 Å². The van der Waals surface area contributed by atoms with Crippen LogP contribution < -0.4 is 15.5 Å². The van der Waals surface area contributed by atoms with E-state index in [1.54, 1.807) is 30.9 Å². The molecule has 0 aliphatic carbocycles. The van der Waals surface area contributed by atoms with Crippen LogP contribution in [0, 0.1) is 13.8 Å². The molecule has 1 fully saturated rings. The summed E-state index contributed by atoms with van der Waals surface area (Å²) < 4.78 is 0. The van der Waals surface area contributed by atoms with Crippen LogP contribution in [0.15, 0.2) is 67.3 Å². The minimum Gasteiger partial charge on any atom is -0.369 e. The molecular formula is C28H30N8O. The largest absolute Gasteiger partial charge is 0.369 e. The molecule has 0 spiro atoms. The number of rotatable bonds is 6. The minimum absolute atomic E-state index is 0.226. The van der Waals surface area contributed by atoms with Crippen molar-refractivity contribution in [1.29, 1.82) is 0 Å². The zero-order valence-electron chi connectivity index (χ0n) is 21.3. The van der Waals surface area contributed by atoms with Crippen molar-refractivity contribution in [3.8, 4) is 11.3 Å². The van der Waals surface area contributed by atoms with Gasteiger partial charge in [-0.05, 0) is 68.9 Å². The van der Waals surface area contributed by atoms with Gasteiger partial charge in [-0.25, -0.2) is 9.97 Å². The van der Waals surface area contributed by atoms with E-state index in [9.17, 15) is 4.79 Å². The van der Waals surface area contributed by atoms with Crippen LogP contribution in [0.25, 0.3) is 11.3 Å². The van der Waals surface area contributed by atoms with Crippen LogP contribution in [0.3, 0.4) is 0 Å². The zero-order chi connectivity index (χ0) is 25.8. The highest BCUT2D eigenvalue weighted by atomic mass is 16.1. The second-order valence-corrected chi connectivity index (χ2v) is 9.29. The number of likely N-dealkylation sites (N-methyl/N-ethyl adjacent to an activating group) is 1. The van der Waals surface area contributed by atoms with Crippen molar-refractivity contribution in [2.75, 3.05) is 48.8 Å². The topological polar surface area (TPSA) is 99.2 Å². The molecule has 1 amide bonds. The third-order valence-corrected chi connectivity index (χ3v) is 6.40. The molecule has 5 rings (SSSR count). The molecule has 188 valence electrons. The molecule has 9 heteroatoms. The monoisotopic (exact) mass is 494 g/mol. The van der Waals surface area contributed by atoms with Crippen molar-refractivity contribution in [3.63, 3.8) is 0 Å². The summed E-state index contributed by atoms with van der Waals surface area (Å²) in [7, 11) is 2.14. The summed E-state index contributed by atoms with van der Waals surface area (Å²) in [5, 5.41) is 6.26. The number of hydrogen-bond acceptors (Lipinski definition) is 8. The maximum atomic E-state index is 13.2. The summed E-state index contributed by atoms with van der Waals surface area (Å²) in [5.41, 5.74) is 6.48. The zero-order valence-corrected chi connectivity index (χ0v) is 21.3. The number of amides is 1. The molecule has 0 saturated carbocycles. The van der Waals surface area contributed by atoms with Gasteiger partial charge in [0.1, 0.15) is 0 Å². The smallest absolute Gasteiger partial charge is 0.257 e. The first-order valence-corrected chi connectivity index (χ1v) is 12.3. The highest BCUT2D eigenvalue weighted by molar-refractivity contribution is 6.05. The van der Waals surface area contributed by atoms with Crippen LogP contribution in [0.4, 0.5) is 23.0 Å². The van der Waals surface area contributed by atoms with E-state index in [2.05, 4.69) is 53.5 Å². The Morgan fingerprint density at radius 1 is 0.946 bits per heavy atom. The lowest BCUT2D eigenvalue weighted by Gasteiger charge is -2.34. The molecule has 9 nitrogen and oxygen atoms in total. The van der Waals surface area contributed by atoms with Crippen molar-refractivity contribution < 1.29 is 4.79 Å². The van der Waals surface area contributed by atoms with Crippen LogP contribution in [-0.4, -0.2) is 64.0 Å². The summed E-state index contributed by atoms with van der Waals surface area (Å²) in [6, 6.07) is 13.6. The van der Waals surface area contributed by atoms with Crippen molar-refractivity contribution >= 4 is 28.9 Å². The van der Waals surface area contributed by atoms with E-state index in [-0.39, 0.29) is 5.91 Å². The van der Waals surface area contributed by atoms with E-state index >= 15 is 0 Å². The second kappa shape index (κ2) is 10.7. The number of pyridine rings is 2. The van der Waals surface area contributed by atoms with Gasteiger partial charge in [0.2, 0.25) is 5.95 Å². The highest BCUT2D eigenvalue weighted by Crippen LogP contribution is 2.25. The Hall–Kier alpha value is -4.37. The Bertz CT molecular complexity index is 1400. The van der Waals surface area contributed by atoms with Crippen LogP contribution >= 0.6 is 0 Å². The van der Waals surface area contributed by atoms with E-state index in [0.29, 0.717) is 17.2 Å². The van der Waals surface area contributed by atoms with Gasteiger partial charge < -0.3 is 20.4 Å². The van der Waals surface area contributed by atoms with Crippen LogP contribution in [0.5, 0.6) is 0 Å². The molecule has 0 atom stereocenters. The Morgan fingerprint density at radius 2 is 1.78 bits per heavy atom. The Kier molecular flexibility index (Phi) is 7.04. The lowest BCUT2D eigenvalue weighted by Crippen LogP contribution is -2.44. The summed E-state index contributed by atoms with van der Waals surface area (Å²) in [5.74, 6) is 0.190. The normalized spacial score (nSPS) is 13.9. The molecule has 1 aliphatic heterocycles. The Labute approximate surface area is 216 Å². The van der Waals surface area contributed by atoms with Crippen molar-refractivity contribution in [2.45, 2.75) is 13.8 Å². The number of hydrogen-bond donors (Lipinski definition) is 2. The second-order valence-electron chi connectivity index (χ2n) is 9.29. The quantitative estimate of drug-likeness (QED) is 0.409. The van der Waals surface area contributed by atoms with Crippen molar-refractivity contribution in [1.82, 2.24) is 24.8 Å². The average Bonchev–Trinajstić information content (AvgIpc) is 2.90. The number of aryl methyl sites for hydroxylation is 2. The SMILES string of the molecule is Cc1cc(NC(=O)c2cnc(C)c(Nc3nccc(-c4cccnc4)n3)c2)cc(N2CCN(C)CC2)c1. The van der Waals surface area contributed by atoms with Gasteiger partial charge in [-0.15, -0.1) is 0 Å². The third-order valence-electron chi connectivity index (χ3n) is 6.40. The number of nitrogens with zero attached hydrogens (tertiary/aromatic N) is 6. The number of anilines is 4. The third kappa shape index (κ3) is 5.90. The lowest BCUT2D eigenvalue weighted by atomic mass is 10.1. The maximum absolute atomic E-state index is 13.2. The van der Waals surface area contributed by atoms with Gasteiger partial charge in [-0.3, -0.25) is 14.8 Å². The van der Waals surface area contributed by atoms with Gasteiger partial charge in [0.05, 0.1) is 22.6 Å². The molecule has 3 aromatic heterocycles. The van der Waals surface area contributed by atoms with E-state index in [4.69, 9.17) is 0 Å². The van der Waals surface area contributed by atoms with Crippen LogP contribution in [0.2, 0.25) is 0 Å². The van der Waals surface area contributed by atoms with Crippen LogP contribution in [-0.2, 0) is 0 Å². The van der Waals surface area contributed by atoms with E-state index in [0.717, 1.165) is 60.1 Å². The Morgan fingerprint density at radius 3 is 2.57 bits per heavy atom. The highest BCUT2D eigenvalue weighted by Gasteiger charge is 2.16. The van der Waals surface area contributed by atoms with E-state index < -0.39 is 0 Å². The van der Waals surface area contributed by atoms with Gasteiger partial charge in [0.25, 0.3) is 5.91 Å². The standard InChI is InChI=1S/C28H30N8O/c1-19-13-23(16-24(14-19)36-11-9-35(3)10-12-36)32-27(37)22-15-26(20(2)31-18-22)34-28-30-8-6-25(33-28)21-5-4-7-29-17-21/h4-8,13-18H,9-12H2,1-3H3,(H,32,37)(H,30,33,34). The predicted molar refractivity (Wildman–Crippen MR) is 146 cm³/mol. The average molecular weight is 495 g/mol. The molecule has 4 aromatic rings. The number of piperazine rings is 1. The predicted octanol–water partition coefficient (Wildman–Crippen LogP) is 4.30. The maximum Gasteiger partial charge on any atom is 0.257 e. The summed E-state index contributed by atoms with van der Waals surface area (Å²) in [6.07, 6.45) is 6.75.